The second-order valence-electron chi connectivity index (χ2n) is 4.14. The molecule has 0 fully saturated rings. The van der Waals surface area contributed by atoms with Gasteiger partial charge >= 0.3 is 0 Å². The lowest BCUT2D eigenvalue weighted by molar-refractivity contribution is -0.118. The summed E-state index contributed by atoms with van der Waals surface area (Å²) in [5, 5.41) is 2.73. The van der Waals surface area contributed by atoms with Crippen LogP contribution in [0.4, 0.5) is 11.4 Å². The van der Waals surface area contributed by atoms with Crippen LogP contribution in [0.1, 0.15) is 0 Å². The number of methoxy groups -OCH3 is 1. The Bertz CT molecular complexity index is 582. The van der Waals surface area contributed by atoms with Gasteiger partial charge in [-0.3, -0.25) is 4.79 Å². The van der Waals surface area contributed by atoms with E-state index in [0.29, 0.717) is 17.1 Å². The first-order valence-corrected chi connectivity index (χ1v) is 6.09. The smallest absolute Gasteiger partial charge is 0.262 e. The molecule has 0 atom stereocenters. The molecule has 0 aliphatic carbocycles. The van der Waals surface area contributed by atoms with Gasteiger partial charge in [0.25, 0.3) is 5.91 Å². The first kappa shape index (κ1) is 13.7. The lowest BCUT2D eigenvalue weighted by atomic mass is 10.3. The van der Waals surface area contributed by atoms with Gasteiger partial charge in [0.2, 0.25) is 0 Å². The molecule has 5 nitrogen and oxygen atoms in total. The number of benzene rings is 2. The number of nitrogens with one attached hydrogen (secondary N) is 1. The fourth-order valence-electron chi connectivity index (χ4n) is 1.62. The third-order valence-corrected chi connectivity index (χ3v) is 2.60. The zero-order valence-corrected chi connectivity index (χ0v) is 11.1. The average molecular weight is 272 g/mol. The number of anilines is 2. The highest BCUT2D eigenvalue weighted by Gasteiger charge is 2.04. The molecule has 0 radical (unpaired) electrons. The molecule has 3 N–H and O–H groups in total. The predicted octanol–water partition coefficient (Wildman–Crippen LogP) is 2.29. The van der Waals surface area contributed by atoms with E-state index < -0.39 is 0 Å². The molecule has 0 aliphatic rings. The quantitative estimate of drug-likeness (QED) is 0.819. The highest BCUT2D eigenvalue weighted by Crippen LogP contribution is 2.16. The van der Waals surface area contributed by atoms with Crippen molar-refractivity contribution in [1.82, 2.24) is 0 Å². The summed E-state index contributed by atoms with van der Waals surface area (Å²) in [6, 6.07) is 14.0. The Morgan fingerprint density at radius 3 is 2.55 bits per heavy atom. The van der Waals surface area contributed by atoms with E-state index in [1.165, 1.54) is 0 Å². The molecule has 0 heterocycles. The summed E-state index contributed by atoms with van der Waals surface area (Å²) in [6.45, 7) is -0.0739. The summed E-state index contributed by atoms with van der Waals surface area (Å²) in [5.74, 6) is 1.06. The highest BCUT2D eigenvalue weighted by atomic mass is 16.5. The van der Waals surface area contributed by atoms with Crippen molar-refractivity contribution in [2.45, 2.75) is 0 Å². The third kappa shape index (κ3) is 3.91. The molecule has 20 heavy (non-hydrogen) atoms. The summed E-state index contributed by atoms with van der Waals surface area (Å²) in [4.78, 5) is 11.7. The van der Waals surface area contributed by atoms with Gasteiger partial charge in [0.05, 0.1) is 7.11 Å². The summed E-state index contributed by atoms with van der Waals surface area (Å²) in [7, 11) is 1.59. The number of hydrogen-bond acceptors (Lipinski definition) is 4. The molecule has 0 spiro atoms. The maximum absolute atomic E-state index is 11.7. The standard InChI is InChI=1S/C15H16N2O3/c1-19-13-7-5-12(6-8-13)17-15(18)10-20-14-4-2-3-11(16)9-14/h2-9H,10,16H2,1H3,(H,17,18). The van der Waals surface area contributed by atoms with Gasteiger partial charge in [-0.05, 0) is 36.4 Å². The summed E-state index contributed by atoms with van der Waals surface area (Å²) >= 11 is 0. The third-order valence-electron chi connectivity index (χ3n) is 2.60. The fraction of sp³-hybridized carbons (Fsp3) is 0.133. The molecular weight excluding hydrogens is 256 g/mol. The maximum atomic E-state index is 11.7. The van der Waals surface area contributed by atoms with Gasteiger partial charge in [-0.1, -0.05) is 6.07 Å². The molecule has 2 rings (SSSR count). The van der Waals surface area contributed by atoms with Crippen LogP contribution in [0.3, 0.4) is 0 Å². The number of carbonyl (C=O) groups excluding carboxylic acids is 1. The van der Waals surface area contributed by atoms with Crippen LogP contribution in [0.25, 0.3) is 0 Å². The maximum Gasteiger partial charge on any atom is 0.262 e. The Balaban J connectivity index is 1.85. The Morgan fingerprint density at radius 2 is 1.90 bits per heavy atom. The second kappa shape index (κ2) is 6.47. The number of nitrogen functional groups attached to an aromatic ring is 1. The van der Waals surface area contributed by atoms with Crippen LogP contribution in [0, 0.1) is 0 Å². The molecule has 5 heteroatoms. The molecule has 0 saturated heterocycles. The van der Waals surface area contributed by atoms with Crippen molar-refractivity contribution in [2.24, 2.45) is 0 Å². The molecule has 1 amide bonds. The van der Waals surface area contributed by atoms with Crippen LogP contribution in [-0.4, -0.2) is 19.6 Å². The SMILES string of the molecule is COc1ccc(NC(=O)COc2cccc(N)c2)cc1. The van der Waals surface area contributed by atoms with E-state index in [2.05, 4.69) is 5.32 Å². The van der Waals surface area contributed by atoms with Crippen LogP contribution >= 0.6 is 0 Å². The van der Waals surface area contributed by atoms with Gasteiger partial charge in [0.15, 0.2) is 6.61 Å². The number of carbonyl (C=O) groups is 1. The van der Waals surface area contributed by atoms with E-state index in [4.69, 9.17) is 15.2 Å². The van der Waals surface area contributed by atoms with Crippen LogP contribution < -0.4 is 20.5 Å². The van der Waals surface area contributed by atoms with Crippen LogP contribution in [0.15, 0.2) is 48.5 Å². The normalized spacial score (nSPS) is 9.85. The van der Waals surface area contributed by atoms with Crippen molar-refractivity contribution in [3.05, 3.63) is 48.5 Å². The van der Waals surface area contributed by atoms with Crippen molar-refractivity contribution in [3.63, 3.8) is 0 Å². The van der Waals surface area contributed by atoms with Gasteiger partial charge in [-0.15, -0.1) is 0 Å². The van der Waals surface area contributed by atoms with Gasteiger partial charge in [-0.25, -0.2) is 0 Å². The Morgan fingerprint density at radius 1 is 1.15 bits per heavy atom. The number of rotatable bonds is 5. The monoisotopic (exact) mass is 272 g/mol. The van der Waals surface area contributed by atoms with E-state index in [9.17, 15) is 4.79 Å². The Hall–Kier alpha value is -2.69. The zero-order chi connectivity index (χ0) is 14.4. The number of hydrogen-bond donors (Lipinski definition) is 2. The first-order chi connectivity index (χ1) is 9.67. The van der Waals surface area contributed by atoms with Crippen molar-refractivity contribution >= 4 is 17.3 Å². The molecule has 0 bridgehead atoms. The Labute approximate surface area is 117 Å². The van der Waals surface area contributed by atoms with E-state index in [0.717, 1.165) is 5.75 Å². The van der Waals surface area contributed by atoms with Gasteiger partial charge in [0.1, 0.15) is 11.5 Å². The first-order valence-electron chi connectivity index (χ1n) is 6.09. The molecule has 2 aromatic rings. The van der Waals surface area contributed by atoms with Crippen LogP contribution in [0.2, 0.25) is 0 Å². The summed E-state index contributed by atoms with van der Waals surface area (Å²) < 4.78 is 10.4. The predicted molar refractivity (Wildman–Crippen MR) is 78.0 cm³/mol. The fourth-order valence-corrected chi connectivity index (χ4v) is 1.62. The molecule has 0 saturated carbocycles. The van der Waals surface area contributed by atoms with Crippen LogP contribution in [0.5, 0.6) is 11.5 Å². The second-order valence-corrected chi connectivity index (χ2v) is 4.14. The molecule has 104 valence electrons. The highest BCUT2D eigenvalue weighted by molar-refractivity contribution is 5.91. The number of ether oxygens (including phenoxy) is 2. The van der Waals surface area contributed by atoms with Crippen molar-refractivity contribution in [1.29, 1.82) is 0 Å². The minimum Gasteiger partial charge on any atom is -0.497 e. The molecular formula is C15H16N2O3. The summed E-state index contributed by atoms with van der Waals surface area (Å²) in [6.07, 6.45) is 0. The van der Waals surface area contributed by atoms with Gasteiger partial charge in [-0.2, -0.15) is 0 Å². The topological polar surface area (TPSA) is 73.6 Å². The lowest BCUT2D eigenvalue weighted by Crippen LogP contribution is -2.20. The lowest BCUT2D eigenvalue weighted by Gasteiger charge is -2.08. The van der Waals surface area contributed by atoms with Crippen molar-refractivity contribution < 1.29 is 14.3 Å². The van der Waals surface area contributed by atoms with Gasteiger partial charge < -0.3 is 20.5 Å². The van der Waals surface area contributed by atoms with E-state index in [-0.39, 0.29) is 12.5 Å². The largest absolute Gasteiger partial charge is 0.497 e. The number of amides is 1. The van der Waals surface area contributed by atoms with E-state index in [1.54, 1.807) is 55.6 Å². The van der Waals surface area contributed by atoms with Crippen molar-refractivity contribution in [3.8, 4) is 11.5 Å². The average Bonchev–Trinajstić information content (AvgIpc) is 2.46. The Kier molecular flexibility index (Phi) is 4.44. The zero-order valence-electron chi connectivity index (χ0n) is 11.1. The molecule has 2 aromatic carbocycles. The molecule has 0 aromatic heterocycles. The van der Waals surface area contributed by atoms with E-state index >= 15 is 0 Å². The van der Waals surface area contributed by atoms with Crippen LogP contribution in [-0.2, 0) is 4.79 Å². The van der Waals surface area contributed by atoms with E-state index in [1.807, 2.05) is 0 Å². The molecule has 0 unspecified atom stereocenters. The van der Waals surface area contributed by atoms with Gasteiger partial charge in [0, 0.05) is 17.4 Å². The number of nitrogens with two attached hydrogens (primary N) is 1. The molecule has 0 aliphatic heterocycles. The summed E-state index contributed by atoms with van der Waals surface area (Å²) in [5.41, 5.74) is 6.91. The minimum absolute atomic E-state index is 0.0739. The van der Waals surface area contributed by atoms with Crippen molar-refractivity contribution in [2.75, 3.05) is 24.8 Å². The minimum atomic E-state index is -0.238.